The predicted octanol–water partition coefficient (Wildman–Crippen LogP) is 5.40. The molecule has 0 aliphatic carbocycles. The van der Waals surface area contributed by atoms with Crippen molar-refractivity contribution in [2.24, 2.45) is 0 Å². The van der Waals surface area contributed by atoms with Gasteiger partial charge in [0.25, 0.3) is 0 Å². The number of benzene rings is 2. The zero-order valence-corrected chi connectivity index (χ0v) is 15.5. The molecule has 0 spiro atoms. The van der Waals surface area contributed by atoms with Gasteiger partial charge in [0.2, 0.25) is 5.91 Å². The summed E-state index contributed by atoms with van der Waals surface area (Å²) >= 11 is 6.39. The van der Waals surface area contributed by atoms with E-state index in [-0.39, 0.29) is 5.91 Å². The Kier molecular flexibility index (Phi) is 5.03. The maximum Gasteiger partial charge on any atom is 0.224 e. The number of amides is 1. The van der Waals surface area contributed by atoms with Gasteiger partial charge in [-0.25, -0.2) is 0 Å². The molecule has 3 nitrogen and oxygen atoms in total. The first kappa shape index (κ1) is 17.5. The highest BCUT2D eigenvalue weighted by Crippen LogP contribution is 2.30. The average molecular weight is 375 g/mol. The quantitative estimate of drug-likeness (QED) is 0.621. The SMILES string of the molecule is O=C1CCc2cc(/C(=C\c3ccccc3Cl)Cc3cccnc3)ccc2N1. The van der Waals surface area contributed by atoms with Crippen LogP contribution in [0.2, 0.25) is 5.02 Å². The summed E-state index contributed by atoms with van der Waals surface area (Å²) in [6.45, 7) is 0. The lowest BCUT2D eigenvalue weighted by Gasteiger charge is -2.19. The summed E-state index contributed by atoms with van der Waals surface area (Å²) in [7, 11) is 0. The van der Waals surface area contributed by atoms with Crippen LogP contribution in [0.1, 0.15) is 28.7 Å². The zero-order valence-electron chi connectivity index (χ0n) is 14.8. The van der Waals surface area contributed by atoms with Crippen LogP contribution in [0.15, 0.2) is 67.0 Å². The molecule has 1 N–H and O–H groups in total. The maximum atomic E-state index is 11.6. The lowest BCUT2D eigenvalue weighted by molar-refractivity contribution is -0.116. The van der Waals surface area contributed by atoms with E-state index in [1.165, 1.54) is 5.56 Å². The van der Waals surface area contributed by atoms with Crippen LogP contribution in [0.4, 0.5) is 5.69 Å². The molecule has 1 amide bonds. The summed E-state index contributed by atoms with van der Waals surface area (Å²) in [5, 5.41) is 3.67. The zero-order chi connectivity index (χ0) is 18.6. The van der Waals surface area contributed by atoms with Crippen molar-refractivity contribution in [3.05, 3.63) is 94.3 Å². The molecule has 134 valence electrons. The Morgan fingerprint density at radius 2 is 2.00 bits per heavy atom. The lowest BCUT2D eigenvalue weighted by Crippen LogP contribution is -2.18. The second kappa shape index (κ2) is 7.77. The standard InChI is InChI=1S/C23H19ClN2O/c24-21-6-2-1-5-18(21)14-20(12-16-4-3-11-25-15-16)17-7-9-22-19(13-17)8-10-23(27)26-22/h1-7,9,11,13-15H,8,10,12H2,(H,26,27)/b20-14-. The normalized spacial score (nSPS) is 13.8. The summed E-state index contributed by atoms with van der Waals surface area (Å²) in [6, 6.07) is 18.1. The molecule has 0 saturated carbocycles. The third-order valence-corrected chi connectivity index (χ3v) is 5.07. The van der Waals surface area contributed by atoms with Crippen LogP contribution in [0, 0.1) is 0 Å². The summed E-state index contributed by atoms with van der Waals surface area (Å²) in [5.74, 6) is 0.0810. The van der Waals surface area contributed by atoms with E-state index in [0.717, 1.165) is 45.8 Å². The van der Waals surface area contributed by atoms with Crippen molar-refractivity contribution in [3.8, 4) is 0 Å². The number of aryl methyl sites for hydroxylation is 1. The van der Waals surface area contributed by atoms with E-state index in [0.29, 0.717) is 6.42 Å². The van der Waals surface area contributed by atoms with Gasteiger partial charge in [-0.2, -0.15) is 0 Å². The van der Waals surface area contributed by atoms with Crippen LogP contribution < -0.4 is 5.32 Å². The molecular weight excluding hydrogens is 356 g/mol. The molecule has 0 fully saturated rings. The monoisotopic (exact) mass is 374 g/mol. The van der Waals surface area contributed by atoms with Gasteiger partial charge >= 0.3 is 0 Å². The molecule has 0 unspecified atom stereocenters. The maximum absolute atomic E-state index is 11.6. The molecule has 1 aromatic heterocycles. The van der Waals surface area contributed by atoms with Gasteiger partial charge in [-0.05, 0) is 71.0 Å². The Balaban J connectivity index is 1.76. The van der Waals surface area contributed by atoms with E-state index in [1.807, 2.05) is 42.6 Å². The fourth-order valence-corrected chi connectivity index (χ4v) is 3.51. The number of aromatic nitrogens is 1. The number of carbonyl (C=O) groups excluding carboxylic acids is 1. The number of halogens is 1. The third-order valence-electron chi connectivity index (χ3n) is 4.72. The van der Waals surface area contributed by atoms with Crippen LogP contribution in [0.25, 0.3) is 11.6 Å². The Morgan fingerprint density at radius 3 is 2.81 bits per heavy atom. The van der Waals surface area contributed by atoms with Gasteiger partial charge in [-0.1, -0.05) is 41.9 Å². The van der Waals surface area contributed by atoms with Crippen molar-refractivity contribution >= 4 is 34.8 Å². The van der Waals surface area contributed by atoms with Crippen molar-refractivity contribution in [2.75, 3.05) is 5.32 Å². The fraction of sp³-hybridized carbons (Fsp3) is 0.130. The van der Waals surface area contributed by atoms with Gasteiger partial charge < -0.3 is 5.32 Å². The summed E-state index contributed by atoms with van der Waals surface area (Å²) < 4.78 is 0. The highest BCUT2D eigenvalue weighted by Gasteiger charge is 2.16. The number of fused-ring (bicyclic) bond motifs is 1. The smallest absolute Gasteiger partial charge is 0.224 e. The average Bonchev–Trinajstić information content (AvgIpc) is 2.69. The molecule has 3 aromatic rings. The molecule has 2 heterocycles. The third kappa shape index (κ3) is 4.09. The predicted molar refractivity (Wildman–Crippen MR) is 111 cm³/mol. The van der Waals surface area contributed by atoms with Crippen molar-refractivity contribution in [3.63, 3.8) is 0 Å². The van der Waals surface area contributed by atoms with Gasteiger partial charge in [-0.15, -0.1) is 0 Å². The number of allylic oxidation sites excluding steroid dienone is 1. The minimum absolute atomic E-state index is 0.0810. The van der Waals surface area contributed by atoms with Crippen molar-refractivity contribution in [1.82, 2.24) is 4.98 Å². The number of anilines is 1. The Bertz CT molecular complexity index is 1010. The highest BCUT2D eigenvalue weighted by molar-refractivity contribution is 6.32. The van der Waals surface area contributed by atoms with E-state index in [9.17, 15) is 4.79 Å². The number of nitrogens with zero attached hydrogens (tertiary/aromatic N) is 1. The molecule has 1 aliphatic rings. The number of nitrogens with one attached hydrogen (secondary N) is 1. The number of pyridine rings is 1. The minimum atomic E-state index is 0.0810. The number of carbonyl (C=O) groups is 1. The molecule has 4 heteroatoms. The molecule has 0 radical (unpaired) electrons. The Morgan fingerprint density at radius 1 is 1.11 bits per heavy atom. The molecular formula is C23H19ClN2O. The first-order valence-electron chi connectivity index (χ1n) is 8.96. The lowest BCUT2D eigenvalue weighted by atomic mass is 9.93. The van der Waals surface area contributed by atoms with E-state index < -0.39 is 0 Å². The minimum Gasteiger partial charge on any atom is -0.326 e. The Labute approximate surface area is 163 Å². The van der Waals surface area contributed by atoms with Gasteiger partial charge in [0.05, 0.1) is 0 Å². The highest BCUT2D eigenvalue weighted by atomic mass is 35.5. The number of rotatable bonds is 4. The van der Waals surface area contributed by atoms with Crippen molar-refractivity contribution < 1.29 is 4.79 Å². The first-order valence-corrected chi connectivity index (χ1v) is 9.34. The Hall–Kier alpha value is -2.91. The fourth-order valence-electron chi connectivity index (χ4n) is 3.32. The molecule has 0 bridgehead atoms. The second-order valence-electron chi connectivity index (χ2n) is 6.65. The second-order valence-corrected chi connectivity index (χ2v) is 7.06. The first-order chi connectivity index (χ1) is 13.2. The van der Waals surface area contributed by atoms with E-state index >= 15 is 0 Å². The van der Waals surface area contributed by atoms with Gasteiger partial charge in [-0.3, -0.25) is 9.78 Å². The largest absolute Gasteiger partial charge is 0.326 e. The van der Waals surface area contributed by atoms with Crippen LogP contribution in [-0.2, 0) is 17.6 Å². The molecule has 0 atom stereocenters. The van der Waals surface area contributed by atoms with Crippen molar-refractivity contribution in [2.45, 2.75) is 19.3 Å². The van der Waals surface area contributed by atoms with E-state index in [4.69, 9.17) is 11.6 Å². The van der Waals surface area contributed by atoms with Crippen LogP contribution in [0.3, 0.4) is 0 Å². The van der Waals surface area contributed by atoms with E-state index in [1.54, 1.807) is 6.20 Å². The summed E-state index contributed by atoms with van der Waals surface area (Å²) in [4.78, 5) is 15.9. The van der Waals surface area contributed by atoms with Crippen LogP contribution in [0.5, 0.6) is 0 Å². The topological polar surface area (TPSA) is 42.0 Å². The van der Waals surface area contributed by atoms with E-state index in [2.05, 4.69) is 34.6 Å². The molecule has 27 heavy (non-hydrogen) atoms. The molecule has 2 aromatic carbocycles. The number of hydrogen-bond acceptors (Lipinski definition) is 2. The molecule has 1 aliphatic heterocycles. The van der Waals surface area contributed by atoms with Gasteiger partial charge in [0.15, 0.2) is 0 Å². The molecule has 0 saturated heterocycles. The van der Waals surface area contributed by atoms with Gasteiger partial charge in [0, 0.05) is 29.5 Å². The van der Waals surface area contributed by atoms with Crippen molar-refractivity contribution in [1.29, 1.82) is 0 Å². The van der Waals surface area contributed by atoms with Gasteiger partial charge in [0.1, 0.15) is 0 Å². The molecule has 4 rings (SSSR count). The summed E-state index contributed by atoms with van der Waals surface area (Å²) in [5.41, 5.74) is 6.51. The number of hydrogen-bond donors (Lipinski definition) is 1. The van der Waals surface area contributed by atoms with Crippen LogP contribution >= 0.6 is 11.6 Å². The summed E-state index contributed by atoms with van der Waals surface area (Å²) in [6.07, 6.45) is 7.86. The van der Waals surface area contributed by atoms with Crippen LogP contribution in [-0.4, -0.2) is 10.9 Å².